The average molecular weight is 378 g/mol. The smallest absolute Gasteiger partial charge is 0.242 e. The van der Waals surface area contributed by atoms with Gasteiger partial charge in [-0.25, -0.2) is 4.98 Å². The van der Waals surface area contributed by atoms with E-state index >= 15 is 0 Å². The molecule has 2 amide bonds. The van der Waals surface area contributed by atoms with Gasteiger partial charge in [-0.3, -0.25) is 9.59 Å². The van der Waals surface area contributed by atoms with E-state index in [4.69, 9.17) is 16.0 Å². The summed E-state index contributed by atoms with van der Waals surface area (Å²) in [5, 5.41) is 6.16. The van der Waals surface area contributed by atoms with Crippen molar-refractivity contribution in [2.45, 2.75) is 52.1 Å². The van der Waals surface area contributed by atoms with E-state index < -0.39 is 6.04 Å². The van der Waals surface area contributed by atoms with Gasteiger partial charge in [0.1, 0.15) is 6.04 Å². The summed E-state index contributed by atoms with van der Waals surface area (Å²) in [4.78, 5) is 28.2. The Morgan fingerprint density at radius 1 is 1.23 bits per heavy atom. The molecule has 0 saturated heterocycles. The van der Waals surface area contributed by atoms with Gasteiger partial charge >= 0.3 is 0 Å². The molecule has 7 heteroatoms. The fourth-order valence-electron chi connectivity index (χ4n) is 2.25. The number of benzene rings is 1. The van der Waals surface area contributed by atoms with Crippen LogP contribution in [0.25, 0.3) is 11.3 Å². The number of aromatic nitrogens is 1. The van der Waals surface area contributed by atoms with Crippen molar-refractivity contribution in [2.75, 3.05) is 0 Å². The molecule has 0 saturated carbocycles. The molecule has 1 atom stereocenters. The number of carbonyl (C=O) groups is 2. The minimum Gasteiger partial charge on any atom is -0.441 e. The van der Waals surface area contributed by atoms with Crippen molar-refractivity contribution in [2.24, 2.45) is 0 Å². The average Bonchev–Trinajstić information content (AvgIpc) is 3.01. The maximum absolute atomic E-state index is 12.0. The van der Waals surface area contributed by atoms with Gasteiger partial charge in [0, 0.05) is 29.0 Å². The van der Waals surface area contributed by atoms with E-state index in [1.165, 1.54) is 0 Å². The van der Waals surface area contributed by atoms with Crippen molar-refractivity contribution in [3.8, 4) is 11.3 Å². The Labute approximate surface area is 158 Å². The second-order valence-corrected chi connectivity index (χ2v) is 7.59. The van der Waals surface area contributed by atoms with Crippen LogP contribution in [-0.4, -0.2) is 28.4 Å². The number of hydrogen-bond acceptors (Lipinski definition) is 4. The lowest BCUT2D eigenvalue weighted by Crippen LogP contribution is -2.50. The number of nitrogens with one attached hydrogen (secondary N) is 2. The molecule has 0 aliphatic heterocycles. The Morgan fingerprint density at radius 2 is 1.88 bits per heavy atom. The summed E-state index contributed by atoms with van der Waals surface area (Å²) < 4.78 is 5.66. The molecule has 0 aliphatic carbocycles. The van der Waals surface area contributed by atoms with Gasteiger partial charge in [0.15, 0.2) is 11.7 Å². The molecule has 140 valence electrons. The van der Waals surface area contributed by atoms with Crippen molar-refractivity contribution in [3.63, 3.8) is 0 Å². The summed E-state index contributed by atoms with van der Waals surface area (Å²) in [6.45, 7) is 7.32. The van der Waals surface area contributed by atoms with E-state index in [0.717, 1.165) is 5.56 Å². The number of rotatable bonds is 6. The van der Waals surface area contributed by atoms with E-state index in [1.54, 1.807) is 25.3 Å². The number of hydrogen-bond donors (Lipinski definition) is 2. The van der Waals surface area contributed by atoms with Gasteiger partial charge in [0.2, 0.25) is 11.8 Å². The molecule has 1 unspecified atom stereocenters. The van der Waals surface area contributed by atoms with Gasteiger partial charge in [-0.05, 0) is 52.0 Å². The molecule has 0 aliphatic rings. The lowest BCUT2D eigenvalue weighted by molar-refractivity contribution is -0.129. The van der Waals surface area contributed by atoms with E-state index in [0.29, 0.717) is 23.1 Å². The standard InChI is InChI=1S/C19H24ClN3O3/c1-12(18(25)23-19(2,3)4)22-16(24)9-10-17-21-11-15(26-17)13-5-7-14(20)8-6-13/h5-8,11-12H,9-10H2,1-4H3,(H,22,24)(H,23,25). The molecule has 1 aromatic heterocycles. The fourth-order valence-corrected chi connectivity index (χ4v) is 2.38. The summed E-state index contributed by atoms with van der Waals surface area (Å²) in [5.74, 6) is 0.645. The molecule has 2 rings (SSSR count). The van der Waals surface area contributed by atoms with Gasteiger partial charge in [0.05, 0.1) is 6.20 Å². The number of amides is 2. The number of nitrogens with zero attached hydrogens (tertiary/aromatic N) is 1. The first kappa shape index (κ1) is 20.0. The van der Waals surface area contributed by atoms with Crippen LogP contribution < -0.4 is 10.6 Å². The zero-order chi connectivity index (χ0) is 19.3. The first-order valence-electron chi connectivity index (χ1n) is 8.46. The SMILES string of the molecule is CC(NC(=O)CCc1ncc(-c2ccc(Cl)cc2)o1)C(=O)NC(C)(C)C. The van der Waals surface area contributed by atoms with Crippen LogP contribution in [0, 0.1) is 0 Å². The van der Waals surface area contributed by atoms with Crippen LogP contribution in [0.2, 0.25) is 5.02 Å². The van der Waals surface area contributed by atoms with E-state index in [2.05, 4.69) is 15.6 Å². The second-order valence-electron chi connectivity index (χ2n) is 7.15. The lowest BCUT2D eigenvalue weighted by atomic mass is 10.1. The van der Waals surface area contributed by atoms with Crippen LogP contribution in [0.3, 0.4) is 0 Å². The molecule has 1 heterocycles. The zero-order valence-corrected chi connectivity index (χ0v) is 16.2. The van der Waals surface area contributed by atoms with Crippen LogP contribution in [0.1, 0.15) is 40.0 Å². The predicted molar refractivity (Wildman–Crippen MR) is 101 cm³/mol. The van der Waals surface area contributed by atoms with Crippen LogP contribution in [0.4, 0.5) is 0 Å². The fraction of sp³-hybridized carbons (Fsp3) is 0.421. The summed E-state index contributed by atoms with van der Waals surface area (Å²) in [6, 6.07) is 6.63. The van der Waals surface area contributed by atoms with Gasteiger partial charge in [-0.1, -0.05) is 11.6 Å². The molecule has 2 aromatic rings. The molecular weight excluding hydrogens is 354 g/mol. The highest BCUT2D eigenvalue weighted by Crippen LogP contribution is 2.22. The Bertz CT molecular complexity index is 763. The van der Waals surface area contributed by atoms with Crippen molar-refractivity contribution in [1.82, 2.24) is 15.6 Å². The molecule has 26 heavy (non-hydrogen) atoms. The molecular formula is C19H24ClN3O3. The topological polar surface area (TPSA) is 84.2 Å². The van der Waals surface area contributed by atoms with Crippen LogP contribution in [0.15, 0.2) is 34.9 Å². The maximum atomic E-state index is 12.0. The van der Waals surface area contributed by atoms with E-state index in [9.17, 15) is 9.59 Å². The van der Waals surface area contributed by atoms with Gasteiger partial charge < -0.3 is 15.1 Å². The summed E-state index contributed by atoms with van der Waals surface area (Å²) in [5.41, 5.74) is 0.525. The largest absolute Gasteiger partial charge is 0.441 e. The molecule has 0 fully saturated rings. The molecule has 2 N–H and O–H groups in total. The summed E-state index contributed by atoms with van der Waals surface area (Å²) in [6.07, 6.45) is 2.16. The minimum absolute atomic E-state index is 0.188. The van der Waals surface area contributed by atoms with Gasteiger partial charge in [-0.2, -0.15) is 0 Å². The van der Waals surface area contributed by atoms with Crippen molar-refractivity contribution >= 4 is 23.4 Å². The first-order valence-corrected chi connectivity index (χ1v) is 8.84. The van der Waals surface area contributed by atoms with Crippen molar-refractivity contribution in [3.05, 3.63) is 41.4 Å². The quantitative estimate of drug-likeness (QED) is 0.808. The van der Waals surface area contributed by atoms with Gasteiger partial charge in [0.25, 0.3) is 0 Å². The Balaban J connectivity index is 1.84. The van der Waals surface area contributed by atoms with Crippen LogP contribution in [0.5, 0.6) is 0 Å². The number of aryl methyl sites for hydroxylation is 1. The molecule has 1 aromatic carbocycles. The van der Waals surface area contributed by atoms with Gasteiger partial charge in [-0.15, -0.1) is 0 Å². The summed E-state index contributed by atoms with van der Waals surface area (Å²) in [7, 11) is 0. The number of halogens is 1. The highest BCUT2D eigenvalue weighted by molar-refractivity contribution is 6.30. The lowest BCUT2D eigenvalue weighted by Gasteiger charge is -2.23. The summed E-state index contributed by atoms with van der Waals surface area (Å²) >= 11 is 5.87. The molecule has 0 spiro atoms. The third-order valence-electron chi connectivity index (χ3n) is 3.52. The number of oxazole rings is 1. The molecule has 0 bridgehead atoms. The third-order valence-corrected chi connectivity index (χ3v) is 3.77. The Hall–Kier alpha value is -2.34. The maximum Gasteiger partial charge on any atom is 0.242 e. The van der Waals surface area contributed by atoms with Crippen LogP contribution in [-0.2, 0) is 16.0 Å². The van der Waals surface area contributed by atoms with E-state index in [-0.39, 0.29) is 23.8 Å². The molecule has 0 radical (unpaired) electrons. The minimum atomic E-state index is -0.601. The molecule has 6 nitrogen and oxygen atoms in total. The second kappa shape index (κ2) is 8.36. The monoisotopic (exact) mass is 377 g/mol. The first-order chi connectivity index (χ1) is 12.1. The number of carbonyl (C=O) groups excluding carboxylic acids is 2. The van der Waals surface area contributed by atoms with Crippen molar-refractivity contribution < 1.29 is 14.0 Å². The normalized spacial score (nSPS) is 12.5. The predicted octanol–water partition coefficient (Wildman–Crippen LogP) is 3.35. The van der Waals surface area contributed by atoms with Crippen LogP contribution >= 0.6 is 11.6 Å². The van der Waals surface area contributed by atoms with E-state index in [1.807, 2.05) is 32.9 Å². The van der Waals surface area contributed by atoms with Crippen molar-refractivity contribution in [1.29, 1.82) is 0 Å². The Kier molecular flexibility index (Phi) is 6.42. The highest BCUT2D eigenvalue weighted by atomic mass is 35.5. The Morgan fingerprint density at radius 3 is 2.50 bits per heavy atom. The highest BCUT2D eigenvalue weighted by Gasteiger charge is 2.20. The zero-order valence-electron chi connectivity index (χ0n) is 15.4. The third kappa shape index (κ3) is 6.19.